The molecule has 2 aromatic heterocycles. The Morgan fingerprint density at radius 3 is 2.70 bits per heavy atom. The number of nitrogens with zero attached hydrogens (tertiary/aromatic N) is 5. The number of aryl methyl sites for hydroxylation is 2. The third-order valence-corrected chi connectivity index (χ3v) is 5.82. The maximum atomic E-state index is 5.53. The molecule has 0 atom stereocenters. The van der Waals surface area contributed by atoms with Gasteiger partial charge >= 0.3 is 0 Å². The molecule has 1 fully saturated rings. The number of methoxy groups -OCH3 is 1. The lowest BCUT2D eigenvalue weighted by Crippen LogP contribution is -2.30. The Morgan fingerprint density at radius 2 is 1.93 bits per heavy atom. The van der Waals surface area contributed by atoms with Crippen LogP contribution in [0.3, 0.4) is 0 Å². The van der Waals surface area contributed by atoms with Crippen molar-refractivity contribution in [2.24, 2.45) is 0 Å². The van der Waals surface area contributed by atoms with E-state index in [1.807, 2.05) is 19.1 Å². The minimum Gasteiger partial charge on any atom is -0.494 e. The predicted octanol–water partition coefficient (Wildman–Crippen LogP) is 3.68. The van der Waals surface area contributed by atoms with Gasteiger partial charge in [0.15, 0.2) is 0 Å². The number of benzene rings is 1. The zero-order valence-corrected chi connectivity index (χ0v) is 16.9. The van der Waals surface area contributed by atoms with Crippen molar-refractivity contribution in [2.75, 3.05) is 43.1 Å². The van der Waals surface area contributed by atoms with Crippen LogP contribution in [0, 0.1) is 6.92 Å². The summed E-state index contributed by atoms with van der Waals surface area (Å²) in [6.07, 6.45) is 1.98. The van der Waals surface area contributed by atoms with E-state index in [-0.39, 0.29) is 0 Å². The highest BCUT2D eigenvalue weighted by atomic mass is 32.1. The summed E-state index contributed by atoms with van der Waals surface area (Å²) < 4.78 is 9.98. The van der Waals surface area contributed by atoms with E-state index in [0.717, 1.165) is 72.3 Å². The summed E-state index contributed by atoms with van der Waals surface area (Å²) in [5, 5.41) is 2.20. The zero-order chi connectivity index (χ0) is 18.8. The fourth-order valence-electron chi connectivity index (χ4n) is 3.62. The molecule has 0 saturated carbocycles. The summed E-state index contributed by atoms with van der Waals surface area (Å²) in [6.45, 7) is 8.09. The largest absolute Gasteiger partial charge is 0.494 e. The van der Waals surface area contributed by atoms with Gasteiger partial charge in [0.05, 0.1) is 7.11 Å². The smallest absolute Gasteiger partial charge is 0.205 e. The number of rotatable bonds is 4. The highest BCUT2D eigenvalue weighted by Crippen LogP contribution is 2.33. The lowest BCUT2D eigenvalue weighted by Gasteiger charge is -2.25. The number of aromatic nitrogens is 3. The quantitative estimate of drug-likeness (QED) is 0.685. The van der Waals surface area contributed by atoms with E-state index >= 15 is 0 Å². The normalized spacial score (nSPS) is 15.2. The average molecular weight is 384 g/mol. The van der Waals surface area contributed by atoms with Crippen molar-refractivity contribution in [3.8, 4) is 5.75 Å². The van der Waals surface area contributed by atoms with E-state index in [2.05, 4.69) is 38.2 Å². The number of anilines is 2. The van der Waals surface area contributed by atoms with E-state index in [0.29, 0.717) is 0 Å². The molecule has 1 saturated heterocycles. The van der Waals surface area contributed by atoms with Crippen LogP contribution in [0.1, 0.15) is 24.9 Å². The van der Waals surface area contributed by atoms with E-state index < -0.39 is 0 Å². The van der Waals surface area contributed by atoms with Gasteiger partial charge in [-0.2, -0.15) is 4.37 Å². The first-order valence-electron chi connectivity index (χ1n) is 9.46. The molecule has 0 bridgehead atoms. The highest BCUT2D eigenvalue weighted by Gasteiger charge is 2.20. The van der Waals surface area contributed by atoms with Crippen LogP contribution in [-0.2, 0) is 6.42 Å². The first-order valence-corrected chi connectivity index (χ1v) is 10.2. The molecule has 3 heterocycles. The molecule has 142 valence electrons. The molecular formula is C20H25N5OS. The number of para-hydroxylation sites is 1. The molecule has 1 aliphatic rings. The molecule has 0 N–H and O–H groups in total. The van der Waals surface area contributed by atoms with Crippen LogP contribution >= 0.6 is 11.5 Å². The Labute approximate surface area is 164 Å². The fraction of sp³-hybridized carbons (Fsp3) is 0.450. The van der Waals surface area contributed by atoms with Gasteiger partial charge in [-0.1, -0.05) is 19.1 Å². The molecule has 27 heavy (non-hydrogen) atoms. The van der Waals surface area contributed by atoms with Gasteiger partial charge in [0, 0.05) is 60.9 Å². The summed E-state index contributed by atoms with van der Waals surface area (Å²) >= 11 is 1.52. The molecule has 0 amide bonds. The third kappa shape index (κ3) is 3.56. The first-order chi connectivity index (χ1) is 13.2. The van der Waals surface area contributed by atoms with E-state index in [1.165, 1.54) is 17.2 Å². The molecule has 4 rings (SSSR count). The lowest BCUT2D eigenvalue weighted by atomic mass is 10.1. The Hall–Kier alpha value is -2.41. The van der Waals surface area contributed by atoms with Crippen molar-refractivity contribution < 1.29 is 4.74 Å². The van der Waals surface area contributed by atoms with Crippen LogP contribution in [0.15, 0.2) is 24.3 Å². The molecule has 3 aromatic rings. The summed E-state index contributed by atoms with van der Waals surface area (Å²) in [5.74, 6) is 1.77. The molecule has 6 nitrogen and oxygen atoms in total. The molecule has 7 heteroatoms. The summed E-state index contributed by atoms with van der Waals surface area (Å²) in [7, 11) is 1.70. The van der Waals surface area contributed by atoms with Crippen LogP contribution in [0.4, 0.5) is 10.8 Å². The van der Waals surface area contributed by atoms with Gasteiger partial charge in [-0.25, -0.2) is 9.97 Å². The topological polar surface area (TPSA) is 54.4 Å². The van der Waals surface area contributed by atoms with Crippen molar-refractivity contribution in [1.29, 1.82) is 0 Å². The second-order valence-electron chi connectivity index (χ2n) is 6.81. The van der Waals surface area contributed by atoms with Crippen molar-refractivity contribution >= 4 is 33.3 Å². The van der Waals surface area contributed by atoms with E-state index in [9.17, 15) is 0 Å². The summed E-state index contributed by atoms with van der Waals surface area (Å²) in [6, 6.07) is 8.35. The van der Waals surface area contributed by atoms with Gasteiger partial charge in [-0.05, 0) is 25.5 Å². The zero-order valence-electron chi connectivity index (χ0n) is 16.1. The SMILES string of the molecule is CCc1nsc(N2CCCN(c3cc(C)nc4c(OC)cccc34)CC2)n1. The number of hydrogen-bond acceptors (Lipinski definition) is 7. The molecule has 0 aliphatic carbocycles. The standard InChI is InChI=1S/C20H25N5OS/c1-4-18-22-20(27-23-18)25-10-6-9-24(11-12-25)16-13-14(2)21-19-15(16)7-5-8-17(19)26-3/h5,7-8,13H,4,6,9-12H2,1-3H3. The number of fused-ring (bicyclic) bond motifs is 1. The van der Waals surface area contributed by atoms with Crippen LogP contribution < -0.4 is 14.5 Å². The Bertz CT molecular complexity index is 941. The summed E-state index contributed by atoms with van der Waals surface area (Å²) in [4.78, 5) is 14.2. The molecule has 0 unspecified atom stereocenters. The number of hydrogen-bond donors (Lipinski definition) is 0. The van der Waals surface area contributed by atoms with Gasteiger partial charge in [0.25, 0.3) is 0 Å². The summed E-state index contributed by atoms with van der Waals surface area (Å²) in [5.41, 5.74) is 3.19. The lowest BCUT2D eigenvalue weighted by molar-refractivity contribution is 0.419. The van der Waals surface area contributed by atoms with Crippen molar-refractivity contribution in [3.63, 3.8) is 0 Å². The second kappa shape index (κ2) is 7.68. The number of pyridine rings is 1. The van der Waals surface area contributed by atoms with Gasteiger partial charge in [-0.3, -0.25) is 0 Å². The molecular weight excluding hydrogens is 358 g/mol. The minimum absolute atomic E-state index is 0.829. The Balaban J connectivity index is 1.62. The molecule has 0 radical (unpaired) electrons. The minimum atomic E-state index is 0.829. The van der Waals surface area contributed by atoms with Gasteiger partial charge in [0.2, 0.25) is 5.13 Å². The fourth-order valence-corrected chi connectivity index (χ4v) is 4.42. The van der Waals surface area contributed by atoms with E-state index in [4.69, 9.17) is 9.72 Å². The van der Waals surface area contributed by atoms with Crippen LogP contribution in [-0.4, -0.2) is 47.6 Å². The van der Waals surface area contributed by atoms with Crippen molar-refractivity contribution in [1.82, 2.24) is 14.3 Å². The maximum Gasteiger partial charge on any atom is 0.205 e. The van der Waals surface area contributed by atoms with E-state index in [1.54, 1.807) is 7.11 Å². The van der Waals surface area contributed by atoms with Gasteiger partial charge in [-0.15, -0.1) is 0 Å². The van der Waals surface area contributed by atoms with Gasteiger partial charge in [0.1, 0.15) is 17.1 Å². The predicted molar refractivity (Wildman–Crippen MR) is 111 cm³/mol. The molecule has 1 aromatic carbocycles. The van der Waals surface area contributed by atoms with Crippen molar-refractivity contribution in [3.05, 3.63) is 35.8 Å². The van der Waals surface area contributed by atoms with Crippen LogP contribution in [0.25, 0.3) is 10.9 Å². The third-order valence-electron chi connectivity index (χ3n) is 5.01. The monoisotopic (exact) mass is 383 g/mol. The molecule has 0 spiro atoms. The van der Waals surface area contributed by atoms with Gasteiger partial charge < -0.3 is 14.5 Å². The Kier molecular flexibility index (Phi) is 5.11. The second-order valence-corrected chi connectivity index (χ2v) is 7.54. The Morgan fingerprint density at radius 1 is 1.11 bits per heavy atom. The average Bonchev–Trinajstić information content (AvgIpc) is 3.04. The molecule has 1 aliphatic heterocycles. The van der Waals surface area contributed by atoms with Crippen molar-refractivity contribution in [2.45, 2.75) is 26.7 Å². The van der Waals surface area contributed by atoms with Crippen LogP contribution in [0.2, 0.25) is 0 Å². The van der Waals surface area contributed by atoms with Crippen LogP contribution in [0.5, 0.6) is 5.75 Å². The highest BCUT2D eigenvalue weighted by molar-refractivity contribution is 7.09. The maximum absolute atomic E-state index is 5.53. The first kappa shape index (κ1) is 18.0. The number of ether oxygens (including phenoxy) is 1.